The summed E-state index contributed by atoms with van der Waals surface area (Å²) < 4.78 is 1.07. The normalized spacial score (nSPS) is 19.3. The van der Waals surface area contributed by atoms with Gasteiger partial charge in [0.25, 0.3) is 0 Å². The standard InChI is InChI=1S/C16H23BrN2OS/c1-16(2,12-4-3-5-13(17)8-12)11-19-15(20)9-14-10-21-7-6-18-14/h3-5,8,14,18H,6-7,9-11H2,1-2H3,(H,19,20). The molecule has 21 heavy (non-hydrogen) atoms. The average Bonchev–Trinajstić information content (AvgIpc) is 2.46. The van der Waals surface area contributed by atoms with Gasteiger partial charge in [-0.25, -0.2) is 0 Å². The third kappa shape index (κ3) is 5.31. The Kier molecular flexibility index (Phi) is 6.14. The van der Waals surface area contributed by atoms with Crippen LogP contribution in [0.3, 0.4) is 0 Å². The summed E-state index contributed by atoms with van der Waals surface area (Å²) >= 11 is 5.42. The van der Waals surface area contributed by atoms with Gasteiger partial charge in [-0.2, -0.15) is 11.8 Å². The van der Waals surface area contributed by atoms with Crippen molar-refractivity contribution in [1.82, 2.24) is 10.6 Å². The van der Waals surface area contributed by atoms with E-state index in [9.17, 15) is 4.79 Å². The first-order chi connectivity index (χ1) is 9.97. The van der Waals surface area contributed by atoms with Crippen LogP contribution in [0.4, 0.5) is 0 Å². The lowest BCUT2D eigenvalue weighted by Gasteiger charge is -2.27. The van der Waals surface area contributed by atoms with Crippen LogP contribution in [-0.4, -0.2) is 36.5 Å². The maximum absolute atomic E-state index is 12.1. The van der Waals surface area contributed by atoms with Crippen molar-refractivity contribution >= 4 is 33.6 Å². The smallest absolute Gasteiger partial charge is 0.221 e. The summed E-state index contributed by atoms with van der Waals surface area (Å²) in [5.41, 5.74) is 1.15. The van der Waals surface area contributed by atoms with Crippen molar-refractivity contribution in [2.75, 3.05) is 24.6 Å². The molecule has 1 aliphatic heterocycles. The lowest BCUT2D eigenvalue weighted by Crippen LogP contribution is -2.43. The molecule has 1 aromatic carbocycles. The van der Waals surface area contributed by atoms with E-state index in [2.05, 4.69) is 52.5 Å². The first-order valence-electron chi connectivity index (χ1n) is 7.31. The van der Waals surface area contributed by atoms with Crippen LogP contribution in [-0.2, 0) is 10.2 Å². The molecule has 1 amide bonds. The topological polar surface area (TPSA) is 41.1 Å². The summed E-state index contributed by atoms with van der Waals surface area (Å²) in [6, 6.07) is 8.59. The van der Waals surface area contributed by atoms with E-state index < -0.39 is 0 Å². The van der Waals surface area contributed by atoms with Crippen LogP contribution < -0.4 is 10.6 Å². The number of thioether (sulfide) groups is 1. The lowest BCUT2D eigenvalue weighted by atomic mass is 9.84. The number of halogens is 1. The van der Waals surface area contributed by atoms with E-state index in [-0.39, 0.29) is 11.3 Å². The summed E-state index contributed by atoms with van der Waals surface area (Å²) in [5, 5.41) is 6.48. The van der Waals surface area contributed by atoms with Crippen molar-refractivity contribution in [3.05, 3.63) is 34.3 Å². The van der Waals surface area contributed by atoms with Crippen LogP contribution in [0.2, 0.25) is 0 Å². The van der Waals surface area contributed by atoms with E-state index in [1.807, 2.05) is 23.9 Å². The summed E-state index contributed by atoms with van der Waals surface area (Å²) in [5.74, 6) is 2.31. The van der Waals surface area contributed by atoms with Gasteiger partial charge in [0, 0.05) is 46.9 Å². The Balaban J connectivity index is 1.84. The minimum atomic E-state index is -0.0752. The van der Waals surface area contributed by atoms with E-state index in [4.69, 9.17) is 0 Å². The number of rotatable bonds is 5. The second-order valence-electron chi connectivity index (χ2n) is 6.10. The Morgan fingerprint density at radius 1 is 1.52 bits per heavy atom. The number of benzene rings is 1. The molecule has 0 aliphatic carbocycles. The summed E-state index contributed by atoms with van der Waals surface area (Å²) in [6.45, 7) is 5.97. The fraction of sp³-hybridized carbons (Fsp3) is 0.562. The van der Waals surface area contributed by atoms with Crippen molar-refractivity contribution in [2.24, 2.45) is 0 Å². The molecule has 1 unspecified atom stereocenters. The first kappa shape index (κ1) is 16.8. The van der Waals surface area contributed by atoms with Crippen molar-refractivity contribution in [2.45, 2.75) is 31.7 Å². The zero-order chi connectivity index (χ0) is 15.3. The summed E-state index contributed by atoms with van der Waals surface area (Å²) in [4.78, 5) is 12.1. The zero-order valence-electron chi connectivity index (χ0n) is 12.6. The highest BCUT2D eigenvalue weighted by atomic mass is 79.9. The quantitative estimate of drug-likeness (QED) is 0.836. The molecule has 2 rings (SSSR count). The van der Waals surface area contributed by atoms with Gasteiger partial charge in [-0.15, -0.1) is 0 Å². The minimum Gasteiger partial charge on any atom is -0.355 e. The second-order valence-corrected chi connectivity index (χ2v) is 8.17. The maximum Gasteiger partial charge on any atom is 0.221 e. The molecule has 5 heteroatoms. The molecule has 1 atom stereocenters. The highest BCUT2D eigenvalue weighted by Crippen LogP contribution is 2.25. The maximum atomic E-state index is 12.1. The van der Waals surface area contributed by atoms with Gasteiger partial charge in [-0.05, 0) is 17.7 Å². The first-order valence-corrected chi connectivity index (χ1v) is 9.26. The van der Waals surface area contributed by atoms with Crippen molar-refractivity contribution in [3.8, 4) is 0 Å². The molecule has 1 aromatic rings. The van der Waals surface area contributed by atoms with Crippen LogP contribution in [0, 0.1) is 0 Å². The van der Waals surface area contributed by atoms with Gasteiger partial charge >= 0.3 is 0 Å². The van der Waals surface area contributed by atoms with E-state index in [1.54, 1.807) is 0 Å². The Morgan fingerprint density at radius 2 is 2.33 bits per heavy atom. The van der Waals surface area contributed by atoms with Crippen molar-refractivity contribution < 1.29 is 4.79 Å². The molecule has 0 spiro atoms. The molecule has 3 nitrogen and oxygen atoms in total. The molecule has 116 valence electrons. The Hall–Kier alpha value is -0.520. The Morgan fingerprint density at radius 3 is 3.00 bits per heavy atom. The number of carbonyl (C=O) groups excluding carboxylic acids is 1. The van der Waals surface area contributed by atoms with Crippen LogP contribution in [0.1, 0.15) is 25.8 Å². The van der Waals surface area contributed by atoms with E-state index >= 15 is 0 Å². The molecule has 1 aliphatic rings. The molecular formula is C16H23BrN2OS. The summed E-state index contributed by atoms with van der Waals surface area (Å²) in [7, 11) is 0. The predicted molar refractivity (Wildman–Crippen MR) is 93.9 cm³/mol. The largest absolute Gasteiger partial charge is 0.355 e. The average molecular weight is 371 g/mol. The van der Waals surface area contributed by atoms with Gasteiger partial charge in [0.05, 0.1) is 0 Å². The van der Waals surface area contributed by atoms with E-state index in [0.29, 0.717) is 19.0 Å². The molecular weight excluding hydrogens is 348 g/mol. The molecule has 2 N–H and O–H groups in total. The molecule has 0 radical (unpaired) electrons. The van der Waals surface area contributed by atoms with Gasteiger partial charge < -0.3 is 10.6 Å². The van der Waals surface area contributed by atoms with Crippen LogP contribution in [0.25, 0.3) is 0 Å². The highest BCUT2D eigenvalue weighted by molar-refractivity contribution is 9.10. The van der Waals surface area contributed by atoms with Crippen molar-refractivity contribution in [3.63, 3.8) is 0 Å². The molecule has 1 fully saturated rings. The van der Waals surface area contributed by atoms with E-state index in [0.717, 1.165) is 22.5 Å². The lowest BCUT2D eigenvalue weighted by molar-refractivity contribution is -0.121. The fourth-order valence-corrected chi connectivity index (χ4v) is 3.73. The molecule has 0 bridgehead atoms. The number of nitrogens with one attached hydrogen (secondary N) is 2. The van der Waals surface area contributed by atoms with Gasteiger partial charge in [0.15, 0.2) is 0 Å². The van der Waals surface area contributed by atoms with Gasteiger partial charge in [-0.1, -0.05) is 41.9 Å². The third-order valence-electron chi connectivity index (χ3n) is 3.76. The number of hydrogen-bond acceptors (Lipinski definition) is 3. The highest BCUT2D eigenvalue weighted by Gasteiger charge is 2.23. The predicted octanol–water partition coefficient (Wildman–Crippen LogP) is 2.94. The monoisotopic (exact) mass is 370 g/mol. The minimum absolute atomic E-state index is 0.0752. The third-order valence-corrected chi connectivity index (χ3v) is 5.39. The number of carbonyl (C=O) groups is 1. The fourth-order valence-electron chi connectivity index (χ4n) is 2.38. The number of amides is 1. The number of hydrogen-bond donors (Lipinski definition) is 2. The molecule has 1 heterocycles. The van der Waals surface area contributed by atoms with Gasteiger partial charge in [0.2, 0.25) is 5.91 Å². The Labute approximate surface area is 139 Å². The van der Waals surface area contributed by atoms with Gasteiger partial charge in [-0.3, -0.25) is 4.79 Å². The SMILES string of the molecule is CC(C)(CNC(=O)CC1CSCCN1)c1cccc(Br)c1. The molecule has 1 saturated heterocycles. The Bertz CT molecular complexity index is 487. The van der Waals surface area contributed by atoms with Gasteiger partial charge in [0.1, 0.15) is 0 Å². The van der Waals surface area contributed by atoms with E-state index in [1.165, 1.54) is 5.56 Å². The summed E-state index contributed by atoms with van der Waals surface area (Å²) in [6.07, 6.45) is 0.571. The van der Waals surface area contributed by atoms with Crippen LogP contribution in [0.15, 0.2) is 28.7 Å². The van der Waals surface area contributed by atoms with Crippen LogP contribution >= 0.6 is 27.7 Å². The van der Waals surface area contributed by atoms with Crippen LogP contribution in [0.5, 0.6) is 0 Å². The van der Waals surface area contributed by atoms with Crippen molar-refractivity contribution in [1.29, 1.82) is 0 Å². The second kappa shape index (κ2) is 7.65. The molecule has 0 aromatic heterocycles. The zero-order valence-corrected chi connectivity index (χ0v) is 15.0. The molecule has 0 saturated carbocycles.